The molecule has 16 heavy (non-hydrogen) atoms. The Morgan fingerprint density at radius 1 is 1.12 bits per heavy atom. The molecule has 1 heteroatoms. The predicted octanol–water partition coefficient (Wildman–Crippen LogP) is 4.29. The molecule has 0 amide bonds. The van der Waals surface area contributed by atoms with Crippen molar-refractivity contribution in [1.82, 2.24) is 0 Å². The summed E-state index contributed by atoms with van der Waals surface area (Å²) in [7, 11) is 0. The highest BCUT2D eigenvalue weighted by molar-refractivity contribution is 5.24. The molecule has 0 N–H and O–H groups in total. The molecule has 0 bridgehead atoms. The highest BCUT2D eigenvalue weighted by Gasteiger charge is 2.03. The van der Waals surface area contributed by atoms with E-state index in [1.807, 2.05) is 0 Å². The SMILES string of the molecule is CC(CC#N)CCc1ccc(C(C)C)cc1. The van der Waals surface area contributed by atoms with E-state index >= 15 is 0 Å². The molecular formula is C15H21N. The largest absolute Gasteiger partial charge is 0.198 e. The van der Waals surface area contributed by atoms with E-state index in [0.717, 1.165) is 12.8 Å². The Bertz CT molecular complexity index is 343. The van der Waals surface area contributed by atoms with E-state index in [9.17, 15) is 0 Å². The van der Waals surface area contributed by atoms with Gasteiger partial charge in [0.2, 0.25) is 0 Å². The Hall–Kier alpha value is -1.29. The molecule has 0 saturated carbocycles. The zero-order chi connectivity index (χ0) is 12.0. The summed E-state index contributed by atoms with van der Waals surface area (Å²) in [5.74, 6) is 1.11. The summed E-state index contributed by atoms with van der Waals surface area (Å²) < 4.78 is 0. The lowest BCUT2D eigenvalue weighted by Gasteiger charge is -2.09. The van der Waals surface area contributed by atoms with Crippen molar-refractivity contribution in [2.75, 3.05) is 0 Å². The molecule has 1 unspecified atom stereocenters. The van der Waals surface area contributed by atoms with E-state index in [1.165, 1.54) is 11.1 Å². The Labute approximate surface area is 99.1 Å². The summed E-state index contributed by atoms with van der Waals surface area (Å²) in [5.41, 5.74) is 2.78. The summed E-state index contributed by atoms with van der Waals surface area (Å²) in [6.07, 6.45) is 2.86. The van der Waals surface area contributed by atoms with Gasteiger partial charge in [0.25, 0.3) is 0 Å². The monoisotopic (exact) mass is 215 g/mol. The van der Waals surface area contributed by atoms with Crippen molar-refractivity contribution in [1.29, 1.82) is 5.26 Å². The van der Waals surface area contributed by atoms with Crippen LogP contribution in [0.4, 0.5) is 0 Å². The first-order valence-electron chi connectivity index (χ1n) is 6.09. The molecule has 0 fully saturated rings. The summed E-state index contributed by atoms with van der Waals surface area (Å²) in [6.45, 7) is 6.57. The first kappa shape index (κ1) is 12.8. The average Bonchev–Trinajstić information content (AvgIpc) is 2.27. The van der Waals surface area contributed by atoms with Gasteiger partial charge in [-0.2, -0.15) is 5.26 Å². The molecule has 86 valence electrons. The van der Waals surface area contributed by atoms with Crippen molar-refractivity contribution >= 4 is 0 Å². The van der Waals surface area contributed by atoms with Crippen molar-refractivity contribution in [3.63, 3.8) is 0 Å². The van der Waals surface area contributed by atoms with Crippen molar-refractivity contribution < 1.29 is 0 Å². The number of aryl methyl sites for hydroxylation is 1. The Kier molecular flexibility index (Phi) is 5.05. The number of nitrogens with zero attached hydrogens (tertiary/aromatic N) is 1. The number of rotatable bonds is 5. The molecule has 0 aromatic heterocycles. The van der Waals surface area contributed by atoms with Gasteiger partial charge in [-0.3, -0.25) is 0 Å². The maximum atomic E-state index is 8.58. The standard InChI is InChI=1S/C15H21N/c1-12(2)15-8-6-14(7-9-15)5-4-13(3)10-11-16/h6-9,12-13H,4-5,10H2,1-3H3. The molecule has 1 rings (SSSR count). The summed E-state index contributed by atoms with van der Waals surface area (Å²) >= 11 is 0. The van der Waals surface area contributed by atoms with Crippen LogP contribution in [0.25, 0.3) is 0 Å². The third-order valence-electron chi connectivity index (χ3n) is 3.01. The second kappa shape index (κ2) is 6.33. The van der Waals surface area contributed by atoms with Crippen LogP contribution in [0, 0.1) is 17.2 Å². The highest BCUT2D eigenvalue weighted by Crippen LogP contribution is 2.17. The van der Waals surface area contributed by atoms with Crippen LogP contribution in [0.2, 0.25) is 0 Å². The van der Waals surface area contributed by atoms with Crippen molar-refractivity contribution in [3.8, 4) is 6.07 Å². The van der Waals surface area contributed by atoms with E-state index < -0.39 is 0 Å². The lowest BCUT2D eigenvalue weighted by Crippen LogP contribution is -1.96. The molecule has 0 heterocycles. The molecule has 1 nitrogen and oxygen atoms in total. The van der Waals surface area contributed by atoms with Crippen LogP contribution < -0.4 is 0 Å². The molecule has 0 aliphatic heterocycles. The van der Waals surface area contributed by atoms with Crippen LogP contribution in [0.5, 0.6) is 0 Å². The Morgan fingerprint density at radius 2 is 1.75 bits per heavy atom. The predicted molar refractivity (Wildman–Crippen MR) is 68.2 cm³/mol. The lowest BCUT2D eigenvalue weighted by atomic mass is 9.96. The van der Waals surface area contributed by atoms with E-state index in [4.69, 9.17) is 5.26 Å². The van der Waals surface area contributed by atoms with Gasteiger partial charge in [0.05, 0.1) is 6.07 Å². The number of benzene rings is 1. The minimum absolute atomic E-state index is 0.509. The maximum Gasteiger partial charge on any atom is 0.0624 e. The number of hydrogen-bond acceptors (Lipinski definition) is 1. The van der Waals surface area contributed by atoms with Crippen molar-refractivity contribution in [2.45, 2.75) is 46.0 Å². The van der Waals surface area contributed by atoms with Gasteiger partial charge in [-0.1, -0.05) is 45.0 Å². The van der Waals surface area contributed by atoms with Crippen LogP contribution in [0.1, 0.15) is 50.7 Å². The van der Waals surface area contributed by atoms with Gasteiger partial charge in [0.15, 0.2) is 0 Å². The zero-order valence-electron chi connectivity index (χ0n) is 10.5. The van der Waals surface area contributed by atoms with E-state index in [0.29, 0.717) is 18.3 Å². The van der Waals surface area contributed by atoms with Crippen LogP contribution in [0.15, 0.2) is 24.3 Å². The van der Waals surface area contributed by atoms with E-state index in [-0.39, 0.29) is 0 Å². The van der Waals surface area contributed by atoms with Crippen LogP contribution >= 0.6 is 0 Å². The lowest BCUT2D eigenvalue weighted by molar-refractivity contribution is 0.545. The van der Waals surface area contributed by atoms with E-state index in [2.05, 4.69) is 51.1 Å². The van der Waals surface area contributed by atoms with Crippen molar-refractivity contribution in [2.24, 2.45) is 5.92 Å². The smallest absolute Gasteiger partial charge is 0.0624 e. The quantitative estimate of drug-likeness (QED) is 0.718. The first-order valence-corrected chi connectivity index (χ1v) is 6.09. The number of nitriles is 1. The van der Waals surface area contributed by atoms with Gasteiger partial charge >= 0.3 is 0 Å². The van der Waals surface area contributed by atoms with Crippen LogP contribution in [-0.2, 0) is 6.42 Å². The van der Waals surface area contributed by atoms with Gasteiger partial charge in [0.1, 0.15) is 0 Å². The fraction of sp³-hybridized carbons (Fsp3) is 0.533. The van der Waals surface area contributed by atoms with Crippen molar-refractivity contribution in [3.05, 3.63) is 35.4 Å². The molecule has 0 radical (unpaired) electrons. The molecule has 1 aromatic rings. The molecule has 0 saturated heterocycles. The first-order chi connectivity index (χ1) is 7.63. The van der Waals surface area contributed by atoms with Gasteiger partial charge < -0.3 is 0 Å². The zero-order valence-corrected chi connectivity index (χ0v) is 10.5. The van der Waals surface area contributed by atoms with E-state index in [1.54, 1.807) is 0 Å². The van der Waals surface area contributed by atoms with Crippen LogP contribution in [0.3, 0.4) is 0 Å². The fourth-order valence-electron chi connectivity index (χ4n) is 1.74. The molecule has 1 atom stereocenters. The fourth-order valence-corrected chi connectivity index (χ4v) is 1.74. The highest BCUT2D eigenvalue weighted by atomic mass is 14.2. The Morgan fingerprint density at radius 3 is 2.25 bits per heavy atom. The van der Waals surface area contributed by atoms with Gasteiger partial charge in [0, 0.05) is 6.42 Å². The topological polar surface area (TPSA) is 23.8 Å². The molecule has 0 spiro atoms. The molecule has 0 aliphatic carbocycles. The summed E-state index contributed by atoms with van der Waals surface area (Å²) in [6, 6.07) is 11.1. The van der Waals surface area contributed by atoms with Gasteiger partial charge in [-0.05, 0) is 35.8 Å². The maximum absolute atomic E-state index is 8.58. The number of hydrogen-bond donors (Lipinski definition) is 0. The second-order valence-electron chi connectivity index (χ2n) is 4.90. The Balaban J connectivity index is 2.47. The summed E-state index contributed by atoms with van der Waals surface area (Å²) in [5, 5.41) is 8.58. The minimum Gasteiger partial charge on any atom is -0.198 e. The average molecular weight is 215 g/mol. The molecule has 0 aliphatic rings. The van der Waals surface area contributed by atoms with Gasteiger partial charge in [-0.15, -0.1) is 0 Å². The minimum atomic E-state index is 0.509. The third kappa shape index (κ3) is 4.06. The van der Waals surface area contributed by atoms with Crippen LogP contribution in [-0.4, -0.2) is 0 Å². The van der Waals surface area contributed by atoms with Gasteiger partial charge in [-0.25, -0.2) is 0 Å². The molecule has 1 aromatic carbocycles. The molecular weight excluding hydrogens is 194 g/mol. The second-order valence-corrected chi connectivity index (χ2v) is 4.90. The third-order valence-corrected chi connectivity index (χ3v) is 3.01. The summed E-state index contributed by atoms with van der Waals surface area (Å²) in [4.78, 5) is 0. The normalized spacial score (nSPS) is 12.4.